The van der Waals surface area contributed by atoms with E-state index in [0.717, 1.165) is 19.4 Å². The van der Waals surface area contributed by atoms with E-state index in [0.29, 0.717) is 10.7 Å². The maximum atomic E-state index is 13.1. The van der Waals surface area contributed by atoms with Crippen LogP contribution in [-0.2, 0) is 4.79 Å². The van der Waals surface area contributed by atoms with Crippen LogP contribution in [0.2, 0.25) is 5.02 Å². The van der Waals surface area contributed by atoms with E-state index < -0.39 is 5.82 Å². The van der Waals surface area contributed by atoms with Gasteiger partial charge in [-0.25, -0.2) is 4.39 Å². The number of rotatable bonds is 2. The Kier molecular flexibility index (Phi) is 4.19. The molecule has 2 N–H and O–H groups in total. The second kappa shape index (κ2) is 5.67. The molecule has 0 saturated carbocycles. The first-order chi connectivity index (χ1) is 8.58. The first-order valence-corrected chi connectivity index (χ1v) is 6.45. The van der Waals surface area contributed by atoms with Crippen molar-refractivity contribution >= 4 is 23.2 Å². The van der Waals surface area contributed by atoms with Crippen molar-refractivity contribution in [2.75, 3.05) is 11.9 Å². The first kappa shape index (κ1) is 13.3. The quantitative estimate of drug-likeness (QED) is 0.868. The SMILES string of the molecule is CC1CCCNC1C(=O)Nc1cc(F)ccc1Cl. The second-order valence-corrected chi connectivity index (χ2v) is 5.07. The smallest absolute Gasteiger partial charge is 0.241 e. The number of carbonyl (C=O) groups is 1. The normalized spacial score (nSPS) is 23.7. The summed E-state index contributed by atoms with van der Waals surface area (Å²) in [5.41, 5.74) is 0.321. The monoisotopic (exact) mass is 270 g/mol. The van der Waals surface area contributed by atoms with Crippen molar-refractivity contribution in [3.8, 4) is 0 Å². The number of hydrogen-bond acceptors (Lipinski definition) is 2. The van der Waals surface area contributed by atoms with Gasteiger partial charge in [0.2, 0.25) is 5.91 Å². The number of hydrogen-bond donors (Lipinski definition) is 2. The van der Waals surface area contributed by atoms with Gasteiger partial charge in [-0.15, -0.1) is 0 Å². The molecule has 5 heteroatoms. The van der Waals surface area contributed by atoms with Gasteiger partial charge in [0.15, 0.2) is 0 Å². The Bertz CT molecular complexity index is 453. The van der Waals surface area contributed by atoms with Crippen LogP contribution in [0.1, 0.15) is 19.8 Å². The molecule has 0 bridgehead atoms. The predicted molar refractivity (Wildman–Crippen MR) is 70.2 cm³/mol. The zero-order valence-electron chi connectivity index (χ0n) is 10.2. The maximum absolute atomic E-state index is 13.1. The van der Waals surface area contributed by atoms with Gasteiger partial charge < -0.3 is 10.6 Å². The minimum Gasteiger partial charge on any atom is -0.323 e. The fourth-order valence-electron chi connectivity index (χ4n) is 2.20. The Morgan fingerprint density at radius 2 is 2.33 bits per heavy atom. The topological polar surface area (TPSA) is 41.1 Å². The second-order valence-electron chi connectivity index (χ2n) is 4.66. The highest BCUT2D eigenvalue weighted by Crippen LogP contribution is 2.24. The summed E-state index contributed by atoms with van der Waals surface area (Å²) in [6, 6.07) is 3.69. The van der Waals surface area contributed by atoms with Gasteiger partial charge in [-0.3, -0.25) is 4.79 Å². The number of benzene rings is 1. The van der Waals surface area contributed by atoms with Crippen LogP contribution in [0.5, 0.6) is 0 Å². The predicted octanol–water partition coefficient (Wildman–Crippen LogP) is 2.81. The van der Waals surface area contributed by atoms with Gasteiger partial charge in [0, 0.05) is 0 Å². The molecule has 0 spiro atoms. The summed E-state index contributed by atoms with van der Waals surface area (Å²) >= 11 is 5.91. The summed E-state index contributed by atoms with van der Waals surface area (Å²) in [6.45, 7) is 2.86. The van der Waals surface area contributed by atoms with Crippen molar-refractivity contribution in [1.82, 2.24) is 5.32 Å². The molecule has 1 fully saturated rings. The van der Waals surface area contributed by atoms with E-state index in [2.05, 4.69) is 10.6 Å². The van der Waals surface area contributed by atoms with Crippen molar-refractivity contribution in [2.45, 2.75) is 25.8 Å². The number of nitrogens with one attached hydrogen (secondary N) is 2. The summed E-state index contributed by atoms with van der Waals surface area (Å²) in [7, 11) is 0. The van der Waals surface area contributed by atoms with Crippen LogP contribution >= 0.6 is 11.6 Å². The molecule has 1 heterocycles. The van der Waals surface area contributed by atoms with E-state index in [1.165, 1.54) is 18.2 Å². The standard InChI is InChI=1S/C13H16ClFN2O/c1-8-3-2-6-16-12(8)13(18)17-11-7-9(15)4-5-10(11)14/h4-5,7-8,12,16H,2-3,6H2,1H3,(H,17,18). The van der Waals surface area contributed by atoms with Crippen molar-refractivity contribution in [1.29, 1.82) is 0 Å². The van der Waals surface area contributed by atoms with Gasteiger partial charge in [0.05, 0.1) is 16.8 Å². The number of halogens is 2. The molecule has 18 heavy (non-hydrogen) atoms. The highest BCUT2D eigenvalue weighted by atomic mass is 35.5. The maximum Gasteiger partial charge on any atom is 0.241 e. The van der Waals surface area contributed by atoms with E-state index in [9.17, 15) is 9.18 Å². The van der Waals surface area contributed by atoms with E-state index >= 15 is 0 Å². The largest absolute Gasteiger partial charge is 0.323 e. The van der Waals surface area contributed by atoms with Crippen LogP contribution in [0.15, 0.2) is 18.2 Å². The molecular formula is C13H16ClFN2O. The zero-order valence-corrected chi connectivity index (χ0v) is 10.9. The summed E-state index contributed by atoms with van der Waals surface area (Å²) in [5.74, 6) is -0.305. The Hall–Kier alpha value is -1.13. The molecule has 1 aromatic carbocycles. The minimum atomic E-state index is -0.417. The Morgan fingerprint density at radius 1 is 1.56 bits per heavy atom. The first-order valence-electron chi connectivity index (χ1n) is 6.07. The number of piperidine rings is 1. The van der Waals surface area contributed by atoms with Crippen molar-refractivity contribution < 1.29 is 9.18 Å². The average molecular weight is 271 g/mol. The molecule has 1 saturated heterocycles. The number of amides is 1. The van der Waals surface area contributed by atoms with E-state index in [1.54, 1.807) is 0 Å². The summed E-state index contributed by atoms with van der Waals surface area (Å²) in [4.78, 5) is 12.1. The molecule has 1 amide bonds. The molecule has 1 aromatic rings. The van der Waals surface area contributed by atoms with Gasteiger partial charge in [-0.1, -0.05) is 18.5 Å². The molecule has 1 aliphatic rings. The van der Waals surface area contributed by atoms with E-state index in [1.807, 2.05) is 6.92 Å². The molecule has 2 rings (SSSR count). The molecule has 3 nitrogen and oxygen atoms in total. The molecule has 0 aliphatic carbocycles. The fourth-order valence-corrected chi connectivity index (χ4v) is 2.37. The van der Waals surface area contributed by atoms with Crippen molar-refractivity contribution in [3.63, 3.8) is 0 Å². The lowest BCUT2D eigenvalue weighted by Gasteiger charge is -2.29. The summed E-state index contributed by atoms with van der Waals surface area (Å²) in [6.07, 6.45) is 2.09. The Balaban J connectivity index is 2.08. The molecular weight excluding hydrogens is 255 g/mol. The van der Waals surface area contributed by atoms with Crippen LogP contribution in [0.25, 0.3) is 0 Å². The summed E-state index contributed by atoms with van der Waals surface area (Å²) < 4.78 is 13.1. The number of carbonyl (C=O) groups excluding carboxylic acids is 1. The van der Waals surface area contributed by atoms with Gasteiger partial charge in [0.25, 0.3) is 0 Å². The van der Waals surface area contributed by atoms with Gasteiger partial charge >= 0.3 is 0 Å². The summed E-state index contributed by atoms with van der Waals surface area (Å²) in [5, 5.41) is 6.19. The van der Waals surface area contributed by atoms with Crippen molar-refractivity contribution in [3.05, 3.63) is 29.0 Å². The Labute approximate surface area is 111 Å². The third-order valence-electron chi connectivity index (χ3n) is 3.24. The molecule has 1 aliphatic heterocycles. The fraction of sp³-hybridized carbons (Fsp3) is 0.462. The minimum absolute atomic E-state index is 0.158. The highest BCUT2D eigenvalue weighted by Gasteiger charge is 2.27. The third-order valence-corrected chi connectivity index (χ3v) is 3.57. The third kappa shape index (κ3) is 3.00. The number of anilines is 1. The van der Waals surface area contributed by atoms with Gasteiger partial charge in [0.1, 0.15) is 5.82 Å². The van der Waals surface area contributed by atoms with Gasteiger partial charge in [-0.05, 0) is 43.5 Å². The van der Waals surface area contributed by atoms with Crippen LogP contribution < -0.4 is 10.6 Å². The Morgan fingerprint density at radius 3 is 3.06 bits per heavy atom. The molecule has 2 atom stereocenters. The molecule has 98 valence electrons. The average Bonchev–Trinajstić information content (AvgIpc) is 2.34. The van der Waals surface area contributed by atoms with Crippen LogP contribution in [0.4, 0.5) is 10.1 Å². The lowest BCUT2D eigenvalue weighted by Crippen LogP contribution is -2.48. The lowest BCUT2D eigenvalue weighted by molar-refractivity contribution is -0.119. The van der Waals surface area contributed by atoms with Crippen LogP contribution in [0, 0.1) is 11.7 Å². The molecule has 2 unspecified atom stereocenters. The van der Waals surface area contributed by atoms with Crippen LogP contribution in [-0.4, -0.2) is 18.5 Å². The molecule has 0 radical (unpaired) electrons. The lowest BCUT2D eigenvalue weighted by atomic mass is 9.92. The zero-order chi connectivity index (χ0) is 13.1. The van der Waals surface area contributed by atoms with Crippen molar-refractivity contribution in [2.24, 2.45) is 5.92 Å². The van der Waals surface area contributed by atoms with Crippen LogP contribution in [0.3, 0.4) is 0 Å². The van der Waals surface area contributed by atoms with E-state index in [4.69, 9.17) is 11.6 Å². The van der Waals surface area contributed by atoms with E-state index in [-0.39, 0.29) is 17.9 Å². The van der Waals surface area contributed by atoms with Gasteiger partial charge in [-0.2, -0.15) is 0 Å². The molecule has 0 aromatic heterocycles. The highest BCUT2D eigenvalue weighted by molar-refractivity contribution is 6.33.